The van der Waals surface area contributed by atoms with Crippen LogP contribution in [0.15, 0.2) is 40.2 Å². The Morgan fingerprint density at radius 2 is 1.94 bits per heavy atom. The average Bonchev–Trinajstić information content (AvgIpc) is 2.74. The molecule has 0 saturated heterocycles. The molecule has 0 unspecified atom stereocenters. The summed E-state index contributed by atoms with van der Waals surface area (Å²) in [6.45, 7) is 0.422. The van der Waals surface area contributed by atoms with Gasteiger partial charge in [0.1, 0.15) is 5.82 Å². The average molecular weight is 328 g/mol. The molecule has 5 heteroatoms. The van der Waals surface area contributed by atoms with Gasteiger partial charge in [0.2, 0.25) is 5.91 Å². The number of hydrogen-bond donors (Lipinski definition) is 1. The Bertz CT molecular complexity index is 538. The molecule has 1 aromatic heterocycles. The van der Waals surface area contributed by atoms with Gasteiger partial charge in [-0.3, -0.25) is 4.79 Å². The third-order valence-electron chi connectivity index (χ3n) is 2.37. The van der Waals surface area contributed by atoms with Gasteiger partial charge >= 0.3 is 0 Å². The van der Waals surface area contributed by atoms with Crippen LogP contribution >= 0.6 is 27.3 Å². The Balaban J connectivity index is 1.83. The Kier molecular flexibility index (Phi) is 4.49. The van der Waals surface area contributed by atoms with Crippen LogP contribution in [0, 0.1) is 5.82 Å². The second kappa shape index (κ2) is 6.11. The minimum absolute atomic E-state index is 0.0336. The monoisotopic (exact) mass is 327 g/mol. The second-order valence-electron chi connectivity index (χ2n) is 3.79. The van der Waals surface area contributed by atoms with Gasteiger partial charge in [0, 0.05) is 11.4 Å². The summed E-state index contributed by atoms with van der Waals surface area (Å²) in [6, 6.07) is 9.95. The van der Waals surface area contributed by atoms with E-state index in [0.717, 1.165) is 14.2 Å². The largest absolute Gasteiger partial charge is 0.352 e. The van der Waals surface area contributed by atoms with Crippen molar-refractivity contribution in [2.24, 2.45) is 0 Å². The summed E-state index contributed by atoms with van der Waals surface area (Å²) < 4.78 is 13.7. The molecule has 0 radical (unpaired) electrons. The maximum Gasteiger partial charge on any atom is 0.225 e. The smallest absolute Gasteiger partial charge is 0.225 e. The molecule has 0 fully saturated rings. The SMILES string of the molecule is O=C(Cc1ccc(Br)s1)NCc1ccc(F)cc1. The molecule has 0 aliphatic carbocycles. The highest BCUT2D eigenvalue weighted by atomic mass is 79.9. The zero-order valence-electron chi connectivity index (χ0n) is 9.45. The number of benzene rings is 1. The highest BCUT2D eigenvalue weighted by molar-refractivity contribution is 9.11. The number of amides is 1. The lowest BCUT2D eigenvalue weighted by molar-refractivity contribution is -0.120. The predicted octanol–water partition coefficient (Wildman–Crippen LogP) is 3.51. The molecule has 2 aromatic rings. The summed E-state index contributed by atoms with van der Waals surface area (Å²) in [4.78, 5) is 12.7. The summed E-state index contributed by atoms with van der Waals surface area (Å²) in [6.07, 6.45) is 0.372. The lowest BCUT2D eigenvalue weighted by Gasteiger charge is -2.04. The van der Waals surface area contributed by atoms with E-state index in [1.165, 1.54) is 12.1 Å². The summed E-state index contributed by atoms with van der Waals surface area (Å²) in [5.74, 6) is -0.304. The molecule has 1 amide bonds. The van der Waals surface area contributed by atoms with E-state index in [9.17, 15) is 9.18 Å². The van der Waals surface area contributed by atoms with Crippen molar-refractivity contribution in [2.45, 2.75) is 13.0 Å². The first kappa shape index (κ1) is 13.2. The first-order chi connectivity index (χ1) is 8.63. The second-order valence-corrected chi connectivity index (χ2v) is 6.33. The standard InChI is InChI=1S/C13H11BrFNOS/c14-12-6-5-11(18-12)7-13(17)16-8-9-1-3-10(15)4-2-9/h1-6H,7-8H2,(H,16,17). The van der Waals surface area contributed by atoms with E-state index >= 15 is 0 Å². The molecular weight excluding hydrogens is 317 g/mol. The molecule has 0 aliphatic heterocycles. The van der Waals surface area contributed by atoms with Crippen molar-refractivity contribution in [1.82, 2.24) is 5.32 Å². The molecule has 1 aromatic carbocycles. The molecule has 18 heavy (non-hydrogen) atoms. The Morgan fingerprint density at radius 3 is 2.56 bits per heavy atom. The lowest BCUT2D eigenvalue weighted by Crippen LogP contribution is -2.24. The van der Waals surface area contributed by atoms with E-state index < -0.39 is 0 Å². The maximum absolute atomic E-state index is 12.7. The quantitative estimate of drug-likeness (QED) is 0.914. The highest BCUT2D eigenvalue weighted by Crippen LogP contribution is 2.22. The van der Waals surface area contributed by atoms with Gasteiger partial charge in [-0.1, -0.05) is 12.1 Å². The number of carbonyl (C=O) groups is 1. The third-order valence-corrected chi connectivity index (χ3v) is 3.99. The molecule has 0 atom stereocenters. The van der Waals surface area contributed by atoms with Gasteiger partial charge in [0.15, 0.2) is 0 Å². The van der Waals surface area contributed by atoms with Crippen LogP contribution in [-0.4, -0.2) is 5.91 Å². The normalized spacial score (nSPS) is 10.3. The van der Waals surface area contributed by atoms with Crippen LogP contribution in [0.5, 0.6) is 0 Å². The molecule has 0 bridgehead atoms. The van der Waals surface area contributed by atoms with E-state index in [4.69, 9.17) is 0 Å². The van der Waals surface area contributed by atoms with Crippen LogP contribution in [0.1, 0.15) is 10.4 Å². The Hall–Kier alpha value is -1.20. The topological polar surface area (TPSA) is 29.1 Å². The van der Waals surface area contributed by atoms with Crippen LogP contribution in [0.25, 0.3) is 0 Å². The predicted molar refractivity (Wildman–Crippen MR) is 74.0 cm³/mol. The highest BCUT2D eigenvalue weighted by Gasteiger charge is 2.05. The van der Waals surface area contributed by atoms with Crippen LogP contribution in [0.4, 0.5) is 4.39 Å². The van der Waals surface area contributed by atoms with E-state index in [1.54, 1.807) is 23.5 Å². The summed E-state index contributed by atoms with van der Waals surface area (Å²) in [7, 11) is 0. The third kappa shape index (κ3) is 3.92. The van der Waals surface area contributed by atoms with Gasteiger partial charge < -0.3 is 5.32 Å². The number of halogens is 2. The van der Waals surface area contributed by atoms with Crippen molar-refractivity contribution in [3.63, 3.8) is 0 Å². The first-order valence-corrected chi connectivity index (χ1v) is 7.00. The van der Waals surface area contributed by atoms with Gasteiger partial charge in [0.25, 0.3) is 0 Å². The zero-order chi connectivity index (χ0) is 13.0. The first-order valence-electron chi connectivity index (χ1n) is 5.39. The fourth-order valence-electron chi connectivity index (χ4n) is 1.47. The van der Waals surface area contributed by atoms with Gasteiger partial charge in [-0.25, -0.2) is 4.39 Å². The summed E-state index contributed by atoms with van der Waals surface area (Å²) in [5, 5.41) is 2.81. The van der Waals surface area contributed by atoms with Crippen molar-refractivity contribution in [3.8, 4) is 0 Å². The molecule has 2 rings (SSSR count). The number of rotatable bonds is 4. The summed E-state index contributed by atoms with van der Waals surface area (Å²) >= 11 is 4.90. The number of hydrogen-bond acceptors (Lipinski definition) is 2. The van der Waals surface area contributed by atoms with Crippen LogP contribution in [0.3, 0.4) is 0 Å². The lowest BCUT2D eigenvalue weighted by atomic mass is 10.2. The van der Waals surface area contributed by atoms with Crippen LogP contribution < -0.4 is 5.32 Å². The molecule has 94 valence electrons. The fraction of sp³-hybridized carbons (Fsp3) is 0.154. The molecule has 2 nitrogen and oxygen atoms in total. The molecule has 0 aliphatic rings. The van der Waals surface area contributed by atoms with E-state index in [-0.39, 0.29) is 11.7 Å². The maximum atomic E-state index is 12.7. The van der Waals surface area contributed by atoms with Crippen molar-refractivity contribution in [2.75, 3.05) is 0 Å². The van der Waals surface area contributed by atoms with Crippen molar-refractivity contribution in [1.29, 1.82) is 0 Å². The van der Waals surface area contributed by atoms with E-state index in [1.807, 2.05) is 12.1 Å². The zero-order valence-corrected chi connectivity index (χ0v) is 11.9. The minimum atomic E-state index is -0.270. The van der Waals surface area contributed by atoms with Crippen LogP contribution in [0.2, 0.25) is 0 Å². The van der Waals surface area contributed by atoms with Gasteiger partial charge in [-0.15, -0.1) is 11.3 Å². The summed E-state index contributed by atoms with van der Waals surface area (Å²) in [5.41, 5.74) is 0.886. The van der Waals surface area contributed by atoms with Crippen molar-refractivity contribution < 1.29 is 9.18 Å². The minimum Gasteiger partial charge on any atom is -0.352 e. The number of thiophene rings is 1. The van der Waals surface area contributed by atoms with Crippen molar-refractivity contribution >= 4 is 33.2 Å². The Labute approximate surface area is 117 Å². The number of carbonyl (C=O) groups excluding carboxylic acids is 1. The molecule has 0 saturated carbocycles. The van der Waals surface area contributed by atoms with Gasteiger partial charge in [0.05, 0.1) is 10.2 Å². The van der Waals surface area contributed by atoms with Gasteiger partial charge in [-0.05, 0) is 45.8 Å². The Morgan fingerprint density at radius 1 is 1.22 bits per heavy atom. The van der Waals surface area contributed by atoms with E-state index in [0.29, 0.717) is 13.0 Å². The molecule has 1 N–H and O–H groups in total. The fourth-order valence-corrected chi connectivity index (χ4v) is 2.95. The van der Waals surface area contributed by atoms with E-state index in [2.05, 4.69) is 21.2 Å². The number of nitrogens with one attached hydrogen (secondary N) is 1. The van der Waals surface area contributed by atoms with Crippen LogP contribution in [-0.2, 0) is 17.8 Å². The van der Waals surface area contributed by atoms with Crippen molar-refractivity contribution in [3.05, 3.63) is 56.4 Å². The molecule has 0 spiro atoms. The molecular formula is C13H11BrFNOS. The van der Waals surface area contributed by atoms with Gasteiger partial charge in [-0.2, -0.15) is 0 Å². The molecule has 1 heterocycles.